The van der Waals surface area contributed by atoms with Gasteiger partial charge in [0.05, 0.1) is 23.1 Å². The number of rotatable bonds is 8. The molecule has 1 aliphatic rings. The van der Waals surface area contributed by atoms with Crippen LogP contribution in [0.25, 0.3) is 12.2 Å². The van der Waals surface area contributed by atoms with Gasteiger partial charge in [0, 0.05) is 37.0 Å². The topological polar surface area (TPSA) is 115 Å². The molecule has 170 valence electrons. The lowest BCUT2D eigenvalue weighted by atomic mass is 9.98. The minimum absolute atomic E-state index is 0.0331. The molecule has 1 fully saturated rings. The van der Waals surface area contributed by atoms with Gasteiger partial charge in [-0.1, -0.05) is 17.4 Å². The Morgan fingerprint density at radius 2 is 2.09 bits per heavy atom. The molecule has 0 spiro atoms. The van der Waals surface area contributed by atoms with Crippen molar-refractivity contribution in [1.29, 1.82) is 0 Å². The van der Waals surface area contributed by atoms with Crippen molar-refractivity contribution in [3.63, 3.8) is 0 Å². The Kier molecular flexibility index (Phi) is 8.07. The molecule has 32 heavy (non-hydrogen) atoms. The second-order valence-electron chi connectivity index (χ2n) is 7.52. The van der Waals surface area contributed by atoms with Crippen LogP contribution in [0.2, 0.25) is 0 Å². The van der Waals surface area contributed by atoms with Crippen molar-refractivity contribution in [1.82, 2.24) is 9.88 Å². The van der Waals surface area contributed by atoms with Gasteiger partial charge < -0.3 is 10.1 Å². The molecule has 1 aliphatic heterocycles. The molecular weight excluding hydrogens is 432 g/mol. The third-order valence-corrected chi connectivity index (χ3v) is 6.01. The van der Waals surface area contributed by atoms with E-state index in [1.807, 2.05) is 19.1 Å². The minimum Gasteiger partial charge on any atom is -0.466 e. The molecule has 0 unspecified atom stereocenters. The van der Waals surface area contributed by atoms with Crippen LogP contribution in [0.4, 0.5) is 10.8 Å². The number of thiazole rings is 1. The summed E-state index contributed by atoms with van der Waals surface area (Å²) in [7, 11) is 0. The molecule has 9 nitrogen and oxygen atoms in total. The molecule has 0 radical (unpaired) electrons. The maximum absolute atomic E-state index is 12.2. The highest BCUT2D eigenvalue weighted by atomic mass is 32.1. The number of amides is 1. The van der Waals surface area contributed by atoms with E-state index in [2.05, 4.69) is 15.2 Å². The molecule has 1 aromatic carbocycles. The first-order valence-corrected chi connectivity index (χ1v) is 11.3. The van der Waals surface area contributed by atoms with Crippen molar-refractivity contribution in [3.05, 3.63) is 50.5 Å². The van der Waals surface area contributed by atoms with Crippen molar-refractivity contribution in [3.8, 4) is 0 Å². The van der Waals surface area contributed by atoms with E-state index in [4.69, 9.17) is 4.74 Å². The lowest BCUT2D eigenvalue weighted by molar-refractivity contribution is -0.384. The number of hydrogen-bond acceptors (Lipinski definition) is 8. The van der Waals surface area contributed by atoms with Crippen LogP contribution in [-0.2, 0) is 20.9 Å². The van der Waals surface area contributed by atoms with E-state index in [9.17, 15) is 19.7 Å². The smallest absolute Gasteiger partial charge is 0.310 e. The summed E-state index contributed by atoms with van der Waals surface area (Å²) >= 11 is 1.40. The lowest BCUT2D eigenvalue weighted by Crippen LogP contribution is -2.38. The number of piperidine rings is 1. The maximum atomic E-state index is 12.2. The molecular formula is C22H26N4O5S. The molecule has 10 heteroatoms. The molecule has 2 aromatic rings. The number of hydrogen-bond donors (Lipinski definition) is 1. The fourth-order valence-electron chi connectivity index (χ4n) is 3.55. The molecule has 0 aliphatic carbocycles. The predicted octanol–water partition coefficient (Wildman–Crippen LogP) is 3.96. The third kappa shape index (κ3) is 6.44. The zero-order valence-electron chi connectivity index (χ0n) is 18.1. The van der Waals surface area contributed by atoms with Crippen LogP contribution in [0, 0.1) is 16.0 Å². The standard InChI is InChI=1S/C22H26N4O5S/c1-3-31-21(28)17-5-4-12-25(13-17)14-20-19(24-22(32-20)23-15(2)27)11-8-16-6-9-18(10-7-16)26(29)30/h6-11,17H,3-5,12-14H2,1-2H3,(H,23,24,27)/t17-/m0/s1. The largest absolute Gasteiger partial charge is 0.466 e. The number of benzene rings is 1. The normalized spacial score (nSPS) is 16.8. The van der Waals surface area contributed by atoms with Crippen LogP contribution in [0.5, 0.6) is 0 Å². The van der Waals surface area contributed by atoms with Gasteiger partial charge in [-0.15, -0.1) is 0 Å². The number of likely N-dealkylation sites (tertiary alicyclic amines) is 1. The summed E-state index contributed by atoms with van der Waals surface area (Å²) in [4.78, 5) is 41.7. The summed E-state index contributed by atoms with van der Waals surface area (Å²) in [5, 5.41) is 14.1. The van der Waals surface area contributed by atoms with E-state index in [0.29, 0.717) is 24.8 Å². The highest BCUT2D eigenvalue weighted by Gasteiger charge is 2.27. The van der Waals surface area contributed by atoms with Gasteiger partial charge in [0.15, 0.2) is 5.13 Å². The summed E-state index contributed by atoms with van der Waals surface area (Å²) < 4.78 is 5.19. The Labute approximate surface area is 190 Å². The van der Waals surface area contributed by atoms with Crippen molar-refractivity contribution in [2.75, 3.05) is 25.0 Å². The summed E-state index contributed by atoms with van der Waals surface area (Å²) in [6, 6.07) is 6.25. The molecule has 1 N–H and O–H groups in total. The van der Waals surface area contributed by atoms with Crippen molar-refractivity contribution in [2.24, 2.45) is 5.92 Å². The van der Waals surface area contributed by atoms with E-state index in [1.54, 1.807) is 12.1 Å². The highest BCUT2D eigenvalue weighted by molar-refractivity contribution is 7.16. The number of esters is 1. The van der Waals surface area contributed by atoms with E-state index < -0.39 is 4.92 Å². The van der Waals surface area contributed by atoms with Crippen LogP contribution in [0.15, 0.2) is 24.3 Å². The molecule has 1 aromatic heterocycles. The number of nitro groups is 1. The summed E-state index contributed by atoms with van der Waals surface area (Å²) in [6.07, 6.45) is 5.40. The Balaban J connectivity index is 1.77. The highest BCUT2D eigenvalue weighted by Crippen LogP contribution is 2.28. The van der Waals surface area contributed by atoms with Gasteiger partial charge in [-0.2, -0.15) is 0 Å². The number of nitro benzene ring substituents is 1. The Morgan fingerprint density at radius 1 is 1.34 bits per heavy atom. The number of nitrogens with one attached hydrogen (secondary N) is 1. The van der Waals surface area contributed by atoms with Gasteiger partial charge in [-0.05, 0) is 50.1 Å². The first-order chi connectivity index (χ1) is 15.4. The number of carbonyl (C=O) groups is 2. The van der Waals surface area contributed by atoms with E-state index in [-0.39, 0.29) is 23.5 Å². The second-order valence-corrected chi connectivity index (χ2v) is 8.60. The first-order valence-electron chi connectivity index (χ1n) is 10.4. The number of nitrogens with zero attached hydrogens (tertiary/aromatic N) is 3. The summed E-state index contributed by atoms with van der Waals surface area (Å²) in [5.41, 5.74) is 1.55. The minimum atomic E-state index is -0.437. The zero-order valence-corrected chi connectivity index (χ0v) is 18.9. The van der Waals surface area contributed by atoms with Crippen LogP contribution < -0.4 is 5.32 Å². The summed E-state index contributed by atoms with van der Waals surface area (Å²) in [6.45, 7) is 5.71. The molecule has 3 rings (SSSR count). The number of anilines is 1. The molecule has 1 saturated heterocycles. The van der Waals surface area contributed by atoms with Crippen molar-refractivity contribution < 1.29 is 19.2 Å². The van der Waals surface area contributed by atoms with E-state index in [0.717, 1.165) is 35.5 Å². The fourth-order valence-corrected chi connectivity index (χ4v) is 4.59. The van der Waals surface area contributed by atoms with E-state index >= 15 is 0 Å². The molecule has 1 amide bonds. The average molecular weight is 459 g/mol. The van der Waals surface area contributed by atoms with Gasteiger partial charge >= 0.3 is 5.97 Å². The first kappa shape index (κ1) is 23.6. The lowest BCUT2D eigenvalue weighted by Gasteiger charge is -2.31. The number of ether oxygens (including phenoxy) is 1. The SMILES string of the molecule is CCOC(=O)[C@H]1CCCN(Cc2sc(NC(C)=O)nc2C=Cc2ccc([N+](=O)[O-])cc2)C1. The predicted molar refractivity (Wildman–Crippen MR) is 123 cm³/mol. The van der Waals surface area contributed by atoms with Gasteiger partial charge in [0.2, 0.25) is 5.91 Å². The Hall–Kier alpha value is -3.11. The third-order valence-electron chi connectivity index (χ3n) is 5.04. The van der Waals surface area contributed by atoms with Gasteiger partial charge in [-0.3, -0.25) is 24.6 Å². The number of non-ortho nitro benzene ring substituents is 1. The monoisotopic (exact) mass is 458 g/mol. The zero-order chi connectivity index (χ0) is 23.1. The van der Waals surface area contributed by atoms with Crippen LogP contribution in [0.1, 0.15) is 42.8 Å². The van der Waals surface area contributed by atoms with Crippen LogP contribution >= 0.6 is 11.3 Å². The summed E-state index contributed by atoms with van der Waals surface area (Å²) in [5.74, 6) is -0.485. The van der Waals surface area contributed by atoms with Crippen LogP contribution in [0.3, 0.4) is 0 Å². The molecule has 2 heterocycles. The van der Waals surface area contributed by atoms with Crippen LogP contribution in [-0.4, -0.2) is 46.4 Å². The van der Waals surface area contributed by atoms with Gasteiger partial charge in [-0.25, -0.2) is 4.98 Å². The second kappa shape index (κ2) is 11.0. The molecule has 0 bridgehead atoms. The van der Waals surface area contributed by atoms with Crippen molar-refractivity contribution in [2.45, 2.75) is 33.2 Å². The fraction of sp³-hybridized carbons (Fsp3) is 0.409. The molecule has 1 atom stereocenters. The number of carbonyl (C=O) groups excluding carboxylic acids is 2. The van der Waals surface area contributed by atoms with Gasteiger partial charge in [0.1, 0.15) is 0 Å². The Morgan fingerprint density at radius 3 is 2.75 bits per heavy atom. The van der Waals surface area contributed by atoms with E-state index in [1.165, 1.54) is 30.4 Å². The Bertz CT molecular complexity index is 1000. The quantitative estimate of drug-likeness (QED) is 0.362. The average Bonchev–Trinajstić information content (AvgIpc) is 3.13. The van der Waals surface area contributed by atoms with Gasteiger partial charge in [0.25, 0.3) is 5.69 Å². The molecule has 0 saturated carbocycles. The van der Waals surface area contributed by atoms with Crippen molar-refractivity contribution >= 4 is 46.2 Å². The maximum Gasteiger partial charge on any atom is 0.310 e. The number of aromatic nitrogens is 1.